The molecule has 0 N–H and O–H groups in total. The average molecular weight is 574 g/mol. The fraction of sp³-hybridized carbons (Fsp3) is 0.464. The van der Waals surface area contributed by atoms with Crippen LogP contribution in [0.2, 0.25) is 0 Å². The van der Waals surface area contributed by atoms with Gasteiger partial charge in [-0.15, -0.1) is 0 Å². The van der Waals surface area contributed by atoms with E-state index in [0.29, 0.717) is 18.2 Å². The molecule has 1 aromatic carbocycles. The number of hydrogen-bond acceptors (Lipinski definition) is 8. The van der Waals surface area contributed by atoms with Gasteiger partial charge in [0.2, 0.25) is 5.88 Å². The van der Waals surface area contributed by atoms with Crippen LogP contribution in [0.5, 0.6) is 17.4 Å². The standard InChI is InChI=1S/C28H27F4N5O4/c29-20-9-18(1-2-21(20)41-19-3-4-33-22(10-19)28(30,31)32)12-40-23-11-24-36(25(38)34-23)17-27-13-26(14-27,16-37(24)27)15-35-5-7-39-8-6-35/h1-4,9-11H,5-8,12-17H2. The second kappa shape index (κ2) is 9.41. The number of rotatable bonds is 7. The Kier molecular flexibility index (Phi) is 6.02. The number of ether oxygens (including phenoxy) is 3. The van der Waals surface area contributed by atoms with Crippen LogP contribution in [-0.2, 0) is 24.1 Å². The van der Waals surface area contributed by atoms with E-state index in [1.54, 1.807) is 10.6 Å². The van der Waals surface area contributed by atoms with Gasteiger partial charge in [-0.1, -0.05) is 6.07 Å². The van der Waals surface area contributed by atoms with Crippen molar-refractivity contribution < 1.29 is 31.8 Å². The van der Waals surface area contributed by atoms with Crippen molar-refractivity contribution in [3.63, 3.8) is 0 Å². The lowest BCUT2D eigenvalue weighted by atomic mass is 9.61. The zero-order valence-corrected chi connectivity index (χ0v) is 22.0. The van der Waals surface area contributed by atoms with Crippen LogP contribution >= 0.6 is 0 Å². The molecule has 0 unspecified atom stereocenters. The van der Waals surface area contributed by atoms with Crippen molar-refractivity contribution in [3.8, 4) is 17.4 Å². The van der Waals surface area contributed by atoms with Crippen molar-refractivity contribution in [1.29, 1.82) is 0 Å². The molecule has 6 heterocycles. The third-order valence-electron chi connectivity index (χ3n) is 8.46. The number of pyridine rings is 1. The highest BCUT2D eigenvalue weighted by Gasteiger charge is 2.68. The number of benzene rings is 1. The molecule has 0 radical (unpaired) electrons. The predicted octanol–water partition coefficient (Wildman–Crippen LogP) is 3.85. The van der Waals surface area contributed by atoms with Crippen LogP contribution in [0, 0.1) is 11.2 Å². The SMILES string of the molecule is O=c1nc(OCc2ccc(Oc3ccnc(C(F)(F)F)c3)c(F)c2)cc2n1CC13CC(CN4CCOCC4)(CN21)C3. The molecular formula is C28H27F4N5O4. The van der Waals surface area contributed by atoms with Gasteiger partial charge in [0.1, 0.15) is 23.9 Å². The van der Waals surface area contributed by atoms with Crippen LogP contribution in [0.1, 0.15) is 24.1 Å². The second-order valence-electron chi connectivity index (χ2n) is 11.4. The third-order valence-corrected chi connectivity index (χ3v) is 8.46. The Bertz CT molecular complexity index is 1550. The minimum atomic E-state index is -4.65. The minimum Gasteiger partial charge on any atom is -0.473 e. The molecule has 1 saturated carbocycles. The first-order valence-electron chi connectivity index (χ1n) is 13.4. The van der Waals surface area contributed by atoms with Crippen LogP contribution in [0.4, 0.5) is 23.4 Å². The number of anilines is 1. The third kappa shape index (κ3) is 4.70. The molecule has 4 aliphatic heterocycles. The summed E-state index contributed by atoms with van der Waals surface area (Å²) >= 11 is 0. The molecule has 9 nitrogen and oxygen atoms in total. The molecule has 2 aromatic heterocycles. The minimum absolute atomic E-state index is 0.0482. The molecule has 5 aliphatic rings. The number of fused-ring (bicyclic) bond motifs is 1. The van der Waals surface area contributed by atoms with Gasteiger partial charge in [-0.05, 0) is 36.6 Å². The smallest absolute Gasteiger partial charge is 0.433 e. The molecule has 0 amide bonds. The number of aromatic nitrogens is 3. The van der Waals surface area contributed by atoms with Crippen LogP contribution in [-0.4, -0.2) is 64.4 Å². The average Bonchev–Trinajstić information content (AvgIpc) is 3.51. The van der Waals surface area contributed by atoms with Crippen LogP contribution < -0.4 is 20.1 Å². The van der Waals surface area contributed by atoms with Gasteiger partial charge in [0.05, 0.1) is 25.3 Å². The molecule has 216 valence electrons. The Labute approximate surface area is 232 Å². The van der Waals surface area contributed by atoms with Gasteiger partial charge in [0.25, 0.3) is 0 Å². The zero-order chi connectivity index (χ0) is 28.4. The highest BCUT2D eigenvalue weighted by molar-refractivity contribution is 5.56. The van der Waals surface area contributed by atoms with Gasteiger partial charge in [-0.25, -0.2) is 9.18 Å². The first kappa shape index (κ1) is 26.2. The lowest BCUT2D eigenvalue weighted by Crippen LogP contribution is -2.54. The van der Waals surface area contributed by atoms with Crippen molar-refractivity contribution in [1.82, 2.24) is 19.4 Å². The summed E-state index contributed by atoms with van der Waals surface area (Å²) in [6.45, 7) is 5.89. The highest BCUT2D eigenvalue weighted by atomic mass is 19.4. The first-order valence-corrected chi connectivity index (χ1v) is 13.4. The number of hydrogen-bond donors (Lipinski definition) is 0. The van der Waals surface area contributed by atoms with Gasteiger partial charge in [-0.2, -0.15) is 18.2 Å². The molecule has 1 aliphatic carbocycles. The van der Waals surface area contributed by atoms with E-state index >= 15 is 0 Å². The zero-order valence-electron chi connectivity index (χ0n) is 22.0. The van der Waals surface area contributed by atoms with Gasteiger partial charge in [0, 0.05) is 49.9 Å². The first-order chi connectivity index (χ1) is 19.6. The molecular weight excluding hydrogens is 546 g/mol. The van der Waals surface area contributed by atoms with Crippen molar-refractivity contribution >= 4 is 5.82 Å². The maximum absolute atomic E-state index is 14.7. The van der Waals surface area contributed by atoms with E-state index in [2.05, 4.69) is 19.8 Å². The maximum Gasteiger partial charge on any atom is 0.433 e. The number of morpholine rings is 1. The van der Waals surface area contributed by atoms with Crippen LogP contribution in [0.15, 0.2) is 47.4 Å². The number of alkyl halides is 3. The lowest BCUT2D eigenvalue weighted by Gasteiger charge is -2.47. The molecule has 3 saturated heterocycles. The van der Waals surface area contributed by atoms with E-state index in [9.17, 15) is 22.4 Å². The largest absolute Gasteiger partial charge is 0.473 e. The Morgan fingerprint density at radius 3 is 2.61 bits per heavy atom. The molecule has 8 rings (SSSR count). The molecule has 41 heavy (non-hydrogen) atoms. The Morgan fingerprint density at radius 1 is 1.05 bits per heavy atom. The summed E-state index contributed by atoms with van der Waals surface area (Å²) in [6.07, 6.45) is -1.62. The lowest BCUT2D eigenvalue weighted by molar-refractivity contribution is -0.141. The Morgan fingerprint density at radius 2 is 1.85 bits per heavy atom. The van der Waals surface area contributed by atoms with E-state index in [-0.39, 0.29) is 40.6 Å². The summed E-state index contributed by atoms with van der Waals surface area (Å²) in [5, 5.41) is 0. The molecule has 0 atom stereocenters. The van der Waals surface area contributed by atoms with E-state index in [0.717, 1.165) is 64.2 Å². The molecule has 1 spiro atoms. The van der Waals surface area contributed by atoms with E-state index in [1.807, 2.05) is 0 Å². The number of nitrogens with zero attached hydrogens (tertiary/aromatic N) is 5. The molecule has 2 bridgehead atoms. The van der Waals surface area contributed by atoms with Crippen molar-refractivity contribution in [2.45, 2.75) is 37.7 Å². The Balaban J connectivity index is 1.02. The molecule has 3 aromatic rings. The van der Waals surface area contributed by atoms with Crippen molar-refractivity contribution in [3.05, 3.63) is 70.2 Å². The second-order valence-corrected chi connectivity index (χ2v) is 11.4. The van der Waals surface area contributed by atoms with Gasteiger partial charge in [-0.3, -0.25) is 14.5 Å². The summed E-state index contributed by atoms with van der Waals surface area (Å²) in [6, 6.07) is 7.69. The van der Waals surface area contributed by atoms with Crippen LogP contribution in [0.3, 0.4) is 0 Å². The summed E-state index contributed by atoms with van der Waals surface area (Å²) in [4.78, 5) is 25.0. The Hall–Kier alpha value is -3.71. The fourth-order valence-corrected chi connectivity index (χ4v) is 6.91. The maximum atomic E-state index is 14.7. The van der Waals surface area contributed by atoms with Crippen molar-refractivity contribution in [2.24, 2.45) is 5.41 Å². The van der Waals surface area contributed by atoms with E-state index in [4.69, 9.17) is 14.2 Å². The highest BCUT2D eigenvalue weighted by Crippen LogP contribution is 2.63. The summed E-state index contributed by atoms with van der Waals surface area (Å²) in [7, 11) is 0. The van der Waals surface area contributed by atoms with Gasteiger partial charge < -0.3 is 19.1 Å². The number of halogens is 4. The quantitative estimate of drug-likeness (QED) is 0.395. The summed E-state index contributed by atoms with van der Waals surface area (Å²) in [5.74, 6) is -0.259. The van der Waals surface area contributed by atoms with E-state index < -0.39 is 17.7 Å². The summed E-state index contributed by atoms with van der Waals surface area (Å²) in [5.41, 5.74) is -0.908. The van der Waals surface area contributed by atoms with Crippen molar-refractivity contribution in [2.75, 3.05) is 44.3 Å². The molecule has 4 fully saturated rings. The van der Waals surface area contributed by atoms with E-state index in [1.165, 1.54) is 24.3 Å². The fourth-order valence-electron chi connectivity index (χ4n) is 6.91. The molecule has 13 heteroatoms. The monoisotopic (exact) mass is 573 g/mol. The summed E-state index contributed by atoms with van der Waals surface area (Å²) < 4.78 is 71.8. The normalized spacial score (nSPS) is 25.0. The topological polar surface area (TPSA) is 82.0 Å². The predicted molar refractivity (Wildman–Crippen MR) is 138 cm³/mol. The van der Waals surface area contributed by atoms with Crippen LogP contribution in [0.25, 0.3) is 0 Å². The van der Waals surface area contributed by atoms with Gasteiger partial charge >= 0.3 is 11.9 Å². The van der Waals surface area contributed by atoms with Gasteiger partial charge in [0.15, 0.2) is 11.6 Å².